The molecule has 3 rings (SSSR count). The summed E-state index contributed by atoms with van der Waals surface area (Å²) in [5.74, 6) is -0.0655. The van der Waals surface area contributed by atoms with Gasteiger partial charge >= 0.3 is 5.97 Å². The number of aromatic nitrogens is 2. The van der Waals surface area contributed by atoms with Gasteiger partial charge in [0.1, 0.15) is 16.4 Å². The van der Waals surface area contributed by atoms with E-state index in [1.807, 2.05) is 12.3 Å². The van der Waals surface area contributed by atoms with Gasteiger partial charge in [-0.25, -0.2) is 15.0 Å². The van der Waals surface area contributed by atoms with E-state index < -0.39 is 5.97 Å². The Morgan fingerprint density at radius 3 is 2.92 bits per heavy atom. The third-order valence-corrected chi connectivity index (χ3v) is 7.64. The van der Waals surface area contributed by atoms with Crippen LogP contribution in [-0.2, 0) is 17.8 Å². The summed E-state index contributed by atoms with van der Waals surface area (Å²) < 4.78 is 0. The van der Waals surface area contributed by atoms with Crippen molar-refractivity contribution in [2.75, 3.05) is 16.4 Å². The summed E-state index contributed by atoms with van der Waals surface area (Å²) in [6.45, 7) is 6.99. The molecule has 0 spiro atoms. The van der Waals surface area contributed by atoms with Crippen molar-refractivity contribution < 1.29 is 9.90 Å². The second kappa shape index (κ2) is 14.7. The molecule has 0 fully saturated rings. The molecule has 1 aromatic heterocycles. The highest BCUT2D eigenvalue weighted by molar-refractivity contribution is 8.03. The lowest BCUT2D eigenvalue weighted by atomic mass is 10.1. The molecule has 192 valence electrons. The first-order valence-corrected chi connectivity index (χ1v) is 14.2. The Balaban J connectivity index is 1.68. The lowest BCUT2D eigenvalue weighted by Crippen LogP contribution is -2.09. The highest BCUT2D eigenvalue weighted by Gasteiger charge is 2.17. The third-order valence-electron chi connectivity index (χ3n) is 5.38. The van der Waals surface area contributed by atoms with Gasteiger partial charge in [0.25, 0.3) is 0 Å². The van der Waals surface area contributed by atoms with E-state index >= 15 is 0 Å². The van der Waals surface area contributed by atoms with Gasteiger partial charge in [0, 0.05) is 35.5 Å². The van der Waals surface area contributed by atoms with Gasteiger partial charge in [0.15, 0.2) is 0 Å². The predicted octanol–water partition coefficient (Wildman–Crippen LogP) is 7.13. The number of aryl methyl sites for hydroxylation is 1. The van der Waals surface area contributed by atoms with Gasteiger partial charge in [-0.15, -0.1) is 11.8 Å². The zero-order valence-electron chi connectivity index (χ0n) is 21.2. The maximum absolute atomic E-state index is 10.8. The number of aliphatic imine (C=N–C) groups is 1. The van der Waals surface area contributed by atoms with Crippen molar-refractivity contribution in [3.8, 4) is 0 Å². The molecule has 1 aliphatic heterocycles. The van der Waals surface area contributed by atoms with Crippen LogP contribution in [0.15, 0.2) is 62.3 Å². The Morgan fingerprint density at radius 2 is 2.14 bits per heavy atom. The summed E-state index contributed by atoms with van der Waals surface area (Å²) in [6, 6.07) is 6.44. The number of allylic oxidation sites excluding steroid dienone is 3. The van der Waals surface area contributed by atoms with E-state index in [9.17, 15) is 4.79 Å². The zero-order chi connectivity index (χ0) is 25.8. The average Bonchev–Trinajstić information content (AvgIpc) is 2.86. The number of anilines is 2. The summed E-state index contributed by atoms with van der Waals surface area (Å²) in [7, 11) is 0. The minimum Gasteiger partial charge on any atom is -0.481 e. The van der Waals surface area contributed by atoms with Crippen LogP contribution < -0.4 is 10.6 Å². The maximum atomic E-state index is 10.8. The average molecular weight is 526 g/mol. The summed E-state index contributed by atoms with van der Waals surface area (Å²) >= 11 is 3.26. The maximum Gasteiger partial charge on any atom is 0.303 e. The van der Waals surface area contributed by atoms with E-state index in [1.54, 1.807) is 29.9 Å². The number of hydrogen-bond acceptors (Lipinski definition) is 8. The van der Waals surface area contributed by atoms with Gasteiger partial charge < -0.3 is 15.7 Å². The number of carboxylic acid groups (broad SMARTS) is 1. The molecule has 36 heavy (non-hydrogen) atoms. The SMILES string of the molecule is CCC/C=C/C=N\C1=C(C)Nc2cc(CNc3c(CCC)ncnc3SCCCC(=O)O)ccc2S1. The van der Waals surface area contributed by atoms with Crippen molar-refractivity contribution in [2.45, 2.75) is 75.8 Å². The minimum atomic E-state index is -0.768. The van der Waals surface area contributed by atoms with Crippen molar-refractivity contribution in [2.24, 2.45) is 4.99 Å². The van der Waals surface area contributed by atoms with Crippen LogP contribution in [0.25, 0.3) is 0 Å². The van der Waals surface area contributed by atoms with Gasteiger partial charge in [0.05, 0.1) is 17.1 Å². The molecule has 1 aliphatic rings. The molecule has 0 atom stereocenters. The van der Waals surface area contributed by atoms with Crippen LogP contribution in [0, 0.1) is 0 Å². The standard InChI is InChI=1S/C27H35N5O2S2/c1-4-6-7-8-14-28-26-19(3)32-22-16-20(12-13-23(22)36-26)17-29-25-21(10-5-2)30-18-31-27(25)35-15-9-11-24(33)34/h7-8,12-14,16,18,29,32H,4-6,9-11,15,17H2,1-3H3,(H,33,34)/b8-7+,28-14-. The van der Waals surface area contributed by atoms with Crippen LogP contribution in [0.5, 0.6) is 0 Å². The van der Waals surface area contributed by atoms with Crippen LogP contribution in [0.3, 0.4) is 0 Å². The number of unbranched alkanes of at least 4 members (excludes halogenated alkanes) is 1. The lowest BCUT2D eigenvalue weighted by molar-refractivity contribution is -0.137. The molecule has 0 radical (unpaired) electrons. The molecule has 0 bridgehead atoms. The molecule has 2 heterocycles. The molecular weight excluding hydrogens is 490 g/mol. The van der Waals surface area contributed by atoms with Crippen molar-refractivity contribution in [3.63, 3.8) is 0 Å². The second-order valence-corrected chi connectivity index (χ2v) is 10.5. The number of fused-ring (bicyclic) bond motifs is 1. The third kappa shape index (κ3) is 8.41. The molecular formula is C27H35N5O2S2. The van der Waals surface area contributed by atoms with E-state index in [4.69, 9.17) is 5.11 Å². The van der Waals surface area contributed by atoms with Gasteiger partial charge in [0.2, 0.25) is 0 Å². The second-order valence-electron chi connectivity index (χ2n) is 8.43. The fourth-order valence-electron chi connectivity index (χ4n) is 3.57. The molecule has 0 aliphatic carbocycles. The van der Waals surface area contributed by atoms with Crippen molar-refractivity contribution in [3.05, 3.63) is 58.7 Å². The largest absolute Gasteiger partial charge is 0.481 e. The number of nitrogens with zero attached hydrogens (tertiary/aromatic N) is 3. The number of thioether (sulfide) groups is 2. The molecule has 9 heteroatoms. The molecule has 7 nitrogen and oxygen atoms in total. The Hall–Kier alpha value is -2.78. The summed E-state index contributed by atoms with van der Waals surface area (Å²) in [6.07, 6.45) is 12.4. The van der Waals surface area contributed by atoms with E-state index in [1.165, 1.54) is 0 Å². The van der Waals surface area contributed by atoms with E-state index in [-0.39, 0.29) is 6.42 Å². The van der Waals surface area contributed by atoms with Crippen LogP contribution >= 0.6 is 23.5 Å². The number of benzene rings is 1. The predicted molar refractivity (Wildman–Crippen MR) is 152 cm³/mol. The van der Waals surface area contributed by atoms with Crippen LogP contribution in [0.2, 0.25) is 0 Å². The minimum absolute atomic E-state index is 0.166. The van der Waals surface area contributed by atoms with Gasteiger partial charge in [-0.2, -0.15) is 0 Å². The first kappa shape index (κ1) is 27.8. The van der Waals surface area contributed by atoms with Crippen molar-refractivity contribution >= 4 is 47.1 Å². The molecule has 0 saturated carbocycles. The molecule has 0 unspecified atom stereocenters. The van der Waals surface area contributed by atoms with E-state index in [2.05, 4.69) is 70.6 Å². The quantitative estimate of drug-likeness (QED) is 0.104. The molecule has 3 N–H and O–H groups in total. The fraction of sp³-hybridized carbons (Fsp3) is 0.407. The van der Waals surface area contributed by atoms with E-state index in [0.29, 0.717) is 18.7 Å². The number of nitrogens with one attached hydrogen (secondary N) is 2. The Labute approximate surface area is 222 Å². The van der Waals surface area contributed by atoms with Crippen molar-refractivity contribution in [1.29, 1.82) is 0 Å². The highest BCUT2D eigenvalue weighted by atomic mass is 32.2. The monoisotopic (exact) mass is 525 g/mol. The molecule has 0 amide bonds. The molecule has 2 aromatic rings. The Morgan fingerprint density at radius 1 is 1.28 bits per heavy atom. The Bertz CT molecular complexity index is 1130. The smallest absolute Gasteiger partial charge is 0.303 e. The van der Waals surface area contributed by atoms with Crippen LogP contribution in [-0.4, -0.2) is 33.0 Å². The number of carbonyl (C=O) groups is 1. The van der Waals surface area contributed by atoms with E-state index in [0.717, 1.165) is 69.0 Å². The molecule has 1 aromatic carbocycles. The first-order valence-electron chi connectivity index (χ1n) is 12.4. The summed E-state index contributed by atoms with van der Waals surface area (Å²) in [5.41, 5.74) is 5.22. The topological polar surface area (TPSA) is 99.5 Å². The summed E-state index contributed by atoms with van der Waals surface area (Å²) in [4.78, 5) is 25.6. The van der Waals surface area contributed by atoms with Crippen molar-refractivity contribution in [1.82, 2.24) is 9.97 Å². The van der Waals surface area contributed by atoms with Gasteiger partial charge in [-0.05, 0) is 50.0 Å². The highest BCUT2D eigenvalue weighted by Crippen LogP contribution is 2.40. The van der Waals surface area contributed by atoms with Gasteiger partial charge in [-0.1, -0.05) is 50.6 Å². The number of rotatable bonds is 14. The fourth-order valence-corrected chi connectivity index (χ4v) is 5.39. The van der Waals surface area contributed by atoms with Crippen LogP contribution in [0.4, 0.5) is 11.4 Å². The van der Waals surface area contributed by atoms with Crippen LogP contribution in [0.1, 0.15) is 64.1 Å². The van der Waals surface area contributed by atoms with Gasteiger partial charge in [-0.3, -0.25) is 4.79 Å². The zero-order valence-corrected chi connectivity index (χ0v) is 22.8. The number of hydrogen-bond donors (Lipinski definition) is 3. The lowest BCUT2D eigenvalue weighted by Gasteiger charge is -2.21. The number of carboxylic acids is 1. The summed E-state index contributed by atoms with van der Waals surface area (Å²) in [5, 5.41) is 17.8. The Kier molecular flexibility index (Phi) is 11.4. The first-order chi connectivity index (χ1) is 17.5. The number of aliphatic carboxylic acids is 1. The molecule has 0 saturated heterocycles. The normalized spacial score (nSPS) is 13.3.